The quantitative estimate of drug-likeness (QED) is 0.603. The molecule has 1 heterocycles. The van der Waals surface area contributed by atoms with Crippen LogP contribution in [0.1, 0.15) is 20.8 Å². The van der Waals surface area contributed by atoms with Gasteiger partial charge in [-0.05, 0) is 20.8 Å². The fourth-order valence-corrected chi connectivity index (χ4v) is 1.64. The van der Waals surface area contributed by atoms with E-state index in [-0.39, 0.29) is 6.09 Å². The molecule has 0 atom stereocenters. The SMILES string of the molecule is CN(CCN=C(N)N1CCOCC1)C(=O)OC(C)(C)C. The van der Waals surface area contributed by atoms with Gasteiger partial charge in [0.15, 0.2) is 5.96 Å². The second-order valence-corrected chi connectivity index (χ2v) is 5.74. The predicted molar refractivity (Wildman–Crippen MR) is 77.7 cm³/mol. The Balaban J connectivity index is 2.33. The van der Waals surface area contributed by atoms with Gasteiger partial charge in [0.2, 0.25) is 0 Å². The molecule has 1 fully saturated rings. The Morgan fingerprint density at radius 1 is 1.40 bits per heavy atom. The van der Waals surface area contributed by atoms with Gasteiger partial charge in [-0.25, -0.2) is 4.79 Å². The van der Waals surface area contributed by atoms with E-state index in [9.17, 15) is 4.79 Å². The van der Waals surface area contributed by atoms with E-state index in [0.29, 0.717) is 32.3 Å². The van der Waals surface area contributed by atoms with Crippen LogP contribution in [-0.2, 0) is 9.47 Å². The maximum Gasteiger partial charge on any atom is 0.410 e. The molecular weight excluding hydrogens is 260 g/mol. The van der Waals surface area contributed by atoms with Gasteiger partial charge in [0, 0.05) is 26.7 Å². The highest BCUT2D eigenvalue weighted by molar-refractivity contribution is 5.78. The van der Waals surface area contributed by atoms with Gasteiger partial charge in [0.1, 0.15) is 5.60 Å². The number of aliphatic imine (C=N–C) groups is 1. The number of amides is 1. The number of hydrogen-bond acceptors (Lipinski definition) is 4. The number of ether oxygens (including phenoxy) is 2. The zero-order valence-corrected chi connectivity index (χ0v) is 12.9. The molecule has 116 valence electrons. The Morgan fingerprint density at radius 3 is 2.55 bits per heavy atom. The number of carbonyl (C=O) groups excluding carboxylic acids is 1. The largest absolute Gasteiger partial charge is 0.444 e. The topological polar surface area (TPSA) is 80.4 Å². The van der Waals surface area contributed by atoms with Gasteiger partial charge in [0.25, 0.3) is 0 Å². The molecule has 1 saturated heterocycles. The lowest BCUT2D eigenvalue weighted by atomic mass is 10.2. The van der Waals surface area contributed by atoms with Crippen molar-refractivity contribution >= 4 is 12.1 Å². The van der Waals surface area contributed by atoms with Gasteiger partial charge in [-0.3, -0.25) is 4.99 Å². The smallest absolute Gasteiger partial charge is 0.410 e. The zero-order valence-electron chi connectivity index (χ0n) is 12.9. The maximum absolute atomic E-state index is 11.7. The number of rotatable bonds is 3. The first-order chi connectivity index (χ1) is 9.29. The average molecular weight is 286 g/mol. The first kappa shape index (κ1) is 16.6. The lowest BCUT2D eigenvalue weighted by Gasteiger charge is -2.28. The van der Waals surface area contributed by atoms with Gasteiger partial charge >= 0.3 is 6.09 Å². The first-order valence-corrected chi connectivity index (χ1v) is 6.86. The lowest BCUT2D eigenvalue weighted by molar-refractivity contribution is 0.0304. The summed E-state index contributed by atoms with van der Waals surface area (Å²) in [7, 11) is 1.69. The van der Waals surface area contributed by atoms with Crippen LogP contribution in [0, 0.1) is 0 Å². The third-order valence-corrected chi connectivity index (χ3v) is 2.75. The molecule has 1 rings (SSSR count). The van der Waals surface area contributed by atoms with Crippen molar-refractivity contribution in [2.75, 3.05) is 46.4 Å². The van der Waals surface area contributed by atoms with E-state index < -0.39 is 5.60 Å². The van der Waals surface area contributed by atoms with Gasteiger partial charge in [-0.2, -0.15) is 0 Å². The Bertz CT molecular complexity index is 346. The monoisotopic (exact) mass is 286 g/mol. The summed E-state index contributed by atoms with van der Waals surface area (Å²) in [4.78, 5) is 19.5. The molecule has 20 heavy (non-hydrogen) atoms. The molecule has 0 spiro atoms. The molecule has 1 amide bonds. The molecule has 1 aliphatic rings. The standard InChI is InChI=1S/C13H26N4O3/c1-13(2,3)20-12(18)16(4)6-5-15-11(14)17-7-9-19-10-8-17/h5-10H2,1-4H3,(H2,14,15). The van der Waals surface area contributed by atoms with E-state index in [0.717, 1.165) is 13.1 Å². The summed E-state index contributed by atoms with van der Waals surface area (Å²) >= 11 is 0. The van der Waals surface area contributed by atoms with Crippen molar-refractivity contribution < 1.29 is 14.3 Å². The zero-order chi connectivity index (χ0) is 15.2. The summed E-state index contributed by atoms with van der Waals surface area (Å²) in [6.07, 6.45) is -0.349. The molecule has 1 aliphatic heterocycles. The predicted octanol–water partition coefficient (Wildman–Crippen LogP) is 0.500. The van der Waals surface area contributed by atoms with E-state index in [1.165, 1.54) is 4.90 Å². The summed E-state index contributed by atoms with van der Waals surface area (Å²) in [5.74, 6) is 0.505. The Hall–Kier alpha value is -1.50. The number of likely N-dealkylation sites (N-methyl/N-ethyl adjacent to an activating group) is 1. The van der Waals surface area contributed by atoms with Gasteiger partial charge in [-0.1, -0.05) is 0 Å². The van der Waals surface area contributed by atoms with Crippen LogP contribution in [-0.4, -0.2) is 73.9 Å². The normalized spacial score (nSPS) is 17.0. The van der Waals surface area contributed by atoms with Gasteiger partial charge < -0.3 is 25.0 Å². The van der Waals surface area contributed by atoms with Gasteiger partial charge in [0.05, 0.1) is 19.8 Å². The maximum atomic E-state index is 11.7. The van der Waals surface area contributed by atoms with Crippen molar-refractivity contribution in [1.82, 2.24) is 9.80 Å². The minimum absolute atomic E-state index is 0.349. The number of guanidine groups is 1. The minimum Gasteiger partial charge on any atom is -0.444 e. The summed E-state index contributed by atoms with van der Waals surface area (Å²) in [6, 6.07) is 0. The highest BCUT2D eigenvalue weighted by atomic mass is 16.6. The summed E-state index contributed by atoms with van der Waals surface area (Å²) in [5, 5.41) is 0. The fraction of sp³-hybridized carbons (Fsp3) is 0.846. The molecule has 7 heteroatoms. The van der Waals surface area contributed by atoms with E-state index in [2.05, 4.69) is 4.99 Å². The third-order valence-electron chi connectivity index (χ3n) is 2.75. The van der Waals surface area contributed by atoms with E-state index in [1.807, 2.05) is 25.7 Å². The highest BCUT2D eigenvalue weighted by Gasteiger charge is 2.19. The van der Waals surface area contributed by atoms with Crippen molar-refractivity contribution in [2.45, 2.75) is 26.4 Å². The molecule has 0 aliphatic carbocycles. The van der Waals surface area contributed by atoms with Crippen LogP contribution in [0.3, 0.4) is 0 Å². The molecule has 0 unspecified atom stereocenters. The van der Waals surface area contributed by atoms with Crippen LogP contribution in [0.2, 0.25) is 0 Å². The summed E-state index contributed by atoms with van der Waals surface area (Å²) < 4.78 is 10.5. The summed E-state index contributed by atoms with van der Waals surface area (Å²) in [6.45, 7) is 9.32. The Kier molecular flexibility index (Phi) is 6.06. The minimum atomic E-state index is -0.485. The van der Waals surface area contributed by atoms with Crippen LogP contribution < -0.4 is 5.73 Å². The molecule has 2 N–H and O–H groups in total. The summed E-state index contributed by atoms with van der Waals surface area (Å²) in [5.41, 5.74) is 5.41. The van der Waals surface area contributed by atoms with Gasteiger partial charge in [-0.15, -0.1) is 0 Å². The average Bonchev–Trinajstić information content (AvgIpc) is 2.37. The molecule has 0 aromatic carbocycles. The Morgan fingerprint density at radius 2 is 2.00 bits per heavy atom. The van der Waals surface area contributed by atoms with E-state index >= 15 is 0 Å². The molecule has 0 radical (unpaired) electrons. The number of carbonyl (C=O) groups is 1. The van der Waals surface area contributed by atoms with Crippen LogP contribution in [0.5, 0.6) is 0 Å². The highest BCUT2D eigenvalue weighted by Crippen LogP contribution is 2.08. The van der Waals surface area contributed by atoms with Crippen LogP contribution in [0.4, 0.5) is 4.79 Å². The second-order valence-electron chi connectivity index (χ2n) is 5.74. The molecule has 0 aromatic rings. The number of nitrogens with two attached hydrogens (primary N) is 1. The van der Waals surface area contributed by atoms with E-state index in [1.54, 1.807) is 7.05 Å². The van der Waals surface area contributed by atoms with Crippen LogP contribution in [0.15, 0.2) is 4.99 Å². The number of morpholine rings is 1. The molecule has 0 aromatic heterocycles. The Labute approximate surface area is 120 Å². The molecule has 0 bridgehead atoms. The van der Waals surface area contributed by atoms with Crippen molar-refractivity contribution in [3.63, 3.8) is 0 Å². The first-order valence-electron chi connectivity index (χ1n) is 6.86. The van der Waals surface area contributed by atoms with Crippen LogP contribution in [0.25, 0.3) is 0 Å². The molecule has 7 nitrogen and oxygen atoms in total. The third kappa shape index (κ3) is 6.10. The number of nitrogens with zero attached hydrogens (tertiary/aromatic N) is 3. The van der Waals surface area contributed by atoms with Crippen molar-refractivity contribution in [3.05, 3.63) is 0 Å². The van der Waals surface area contributed by atoms with Crippen molar-refractivity contribution in [1.29, 1.82) is 0 Å². The second kappa shape index (κ2) is 7.33. The lowest BCUT2D eigenvalue weighted by Crippen LogP contribution is -2.45. The van der Waals surface area contributed by atoms with Crippen molar-refractivity contribution in [3.8, 4) is 0 Å². The van der Waals surface area contributed by atoms with Crippen molar-refractivity contribution in [2.24, 2.45) is 10.7 Å². The molecule has 0 saturated carbocycles. The molecular formula is C13H26N4O3. The van der Waals surface area contributed by atoms with E-state index in [4.69, 9.17) is 15.2 Å². The van der Waals surface area contributed by atoms with Crippen LogP contribution >= 0.6 is 0 Å². The number of hydrogen-bond donors (Lipinski definition) is 1. The fourth-order valence-electron chi connectivity index (χ4n) is 1.64.